The molecule has 1 aromatic heterocycles. The molecule has 1 heterocycles. The van der Waals surface area contributed by atoms with Gasteiger partial charge in [0.1, 0.15) is 0 Å². The minimum absolute atomic E-state index is 0.101. The number of carbonyl (C=O) groups excluding carboxylic acids is 1. The summed E-state index contributed by atoms with van der Waals surface area (Å²) in [6.45, 7) is 0. The molecule has 2 rings (SSSR count). The smallest absolute Gasteiger partial charge is 0.222 e. The Morgan fingerprint density at radius 3 is 3.31 bits per heavy atom. The molecule has 66 valence electrons. The van der Waals surface area contributed by atoms with Crippen molar-refractivity contribution in [1.29, 1.82) is 0 Å². The fraction of sp³-hybridized carbons (Fsp3) is 0.429. The maximum absolute atomic E-state index is 11.1. The highest BCUT2D eigenvalue weighted by molar-refractivity contribution is 7.09. The van der Waals surface area contributed by atoms with E-state index in [1.54, 1.807) is 11.7 Å². The molecule has 0 bridgehead atoms. The number of hydrogen-bond donors (Lipinski definition) is 0. The summed E-state index contributed by atoms with van der Waals surface area (Å²) in [4.78, 5) is 18.6. The number of amides is 1. The Labute approximate surface area is 78.0 Å². The Morgan fingerprint density at radius 2 is 2.69 bits per heavy atom. The van der Waals surface area contributed by atoms with Gasteiger partial charge in [-0.15, -0.1) is 11.3 Å². The van der Waals surface area contributed by atoms with Gasteiger partial charge in [0.15, 0.2) is 0 Å². The van der Waals surface area contributed by atoms with Crippen molar-refractivity contribution in [2.24, 2.45) is 11.0 Å². The fourth-order valence-electron chi connectivity index (χ4n) is 1.31. The molecule has 0 N–H and O–H groups in total. The molecule has 13 heavy (non-hydrogen) atoms. The lowest BCUT2D eigenvalue weighted by Gasteiger charge is -1.88. The summed E-state index contributed by atoms with van der Waals surface area (Å²) in [7, 11) is 0. The van der Waals surface area contributed by atoms with Crippen LogP contribution in [0.15, 0.2) is 16.8 Å². The quantitative estimate of drug-likeness (QED) is 0.410. The fourth-order valence-corrected chi connectivity index (χ4v) is 2.11. The summed E-state index contributed by atoms with van der Waals surface area (Å²) >= 11 is 1.53. The Bertz CT molecular complexity index is 368. The molecule has 1 saturated carbocycles. The molecule has 1 amide bonds. The highest BCUT2D eigenvalue weighted by atomic mass is 32.1. The van der Waals surface area contributed by atoms with Crippen molar-refractivity contribution >= 4 is 17.2 Å². The molecule has 0 spiro atoms. The predicted molar refractivity (Wildman–Crippen MR) is 47.1 cm³/mol. The van der Waals surface area contributed by atoms with Gasteiger partial charge in [-0.1, -0.05) is 0 Å². The van der Waals surface area contributed by atoms with Crippen LogP contribution in [0.3, 0.4) is 0 Å². The third-order valence-corrected chi connectivity index (χ3v) is 2.98. The van der Waals surface area contributed by atoms with E-state index in [4.69, 9.17) is 5.53 Å². The average Bonchev–Trinajstić information content (AvgIpc) is 2.74. The summed E-state index contributed by atoms with van der Waals surface area (Å²) < 4.78 is 0. The number of carbonyl (C=O) groups is 1. The van der Waals surface area contributed by atoms with Crippen LogP contribution in [-0.2, 0) is 4.79 Å². The van der Waals surface area contributed by atoms with Crippen LogP contribution in [0.5, 0.6) is 0 Å². The van der Waals surface area contributed by atoms with Crippen molar-refractivity contribution in [2.45, 2.75) is 12.3 Å². The van der Waals surface area contributed by atoms with Gasteiger partial charge in [0.2, 0.25) is 5.91 Å². The number of rotatable bonds is 2. The lowest BCUT2D eigenvalue weighted by molar-refractivity contribution is -0.119. The lowest BCUT2D eigenvalue weighted by Crippen LogP contribution is -1.95. The van der Waals surface area contributed by atoms with Crippen LogP contribution >= 0.6 is 11.3 Å². The first-order valence-electron chi connectivity index (χ1n) is 3.80. The van der Waals surface area contributed by atoms with E-state index in [9.17, 15) is 4.79 Å². The van der Waals surface area contributed by atoms with Crippen molar-refractivity contribution in [3.8, 4) is 0 Å². The van der Waals surface area contributed by atoms with Crippen LogP contribution in [-0.4, -0.2) is 10.9 Å². The van der Waals surface area contributed by atoms with Gasteiger partial charge in [-0.25, -0.2) is 0 Å². The Balaban J connectivity index is 2.04. The number of hydrogen-bond acceptors (Lipinski definition) is 3. The van der Waals surface area contributed by atoms with Gasteiger partial charge < -0.3 is 0 Å². The summed E-state index contributed by atoms with van der Waals surface area (Å²) in [6.07, 6.45) is 2.55. The molecule has 0 radical (unpaired) electrons. The van der Waals surface area contributed by atoms with E-state index in [-0.39, 0.29) is 17.7 Å². The van der Waals surface area contributed by atoms with Crippen LogP contribution in [0, 0.1) is 5.92 Å². The maximum Gasteiger partial charge on any atom is 0.222 e. The normalized spacial score (nSPS) is 24.9. The van der Waals surface area contributed by atoms with Gasteiger partial charge >= 0.3 is 0 Å². The maximum atomic E-state index is 11.1. The second kappa shape index (κ2) is 3.16. The summed E-state index contributed by atoms with van der Waals surface area (Å²) in [5, 5.41) is 3.07. The van der Waals surface area contributed by atoms with Gasteiger partial charge in [0, 0.05) is 27.8 Å². The van der Waals surface area contributed by atoms with Crippen molar-refractivity contribution in [2.75, 3.05) is 0 Å². The molecule has 1 fully saturated rings. The molecule has 1 aromatic rings. The van der Waals surface area contributed by atoms with Crippen LogP contribution in [0.1, 0.15) is 17.2 Å². The third kappa shape index (κ3) is 1.54. The largest absolute Gasteiger partial charge is 0.292 e. The van der Waals surface area contributed by atoms with Crippen molar-refractivity contribution in [3.63, 3.8) is 0 Å². The predicted octanol–water partition coefficient (Wildman–Crippen LogP) is 2.08. The van der Waals surface area contributed by atoms with Gasteiger partial charge in [-0.3, -0.25) is 9.78 Å². The number of thiazole rings is 1. The van der Waals surface area contributed by atoms with Crippen LogP contribution in [0.25, 0.3) is 10.4 Å². The second-order valence-electron chi connectivity index (χ2n) is 2.88. The first-order valence-corrected chi connectivity index (χ1v) is 4.68. The minimum Gasteiger partial charge on any atom is -0.292 e. The zero-order chi connectivity index (χ0) is 9.26. The standard InChI is InChI=1S/C7H6N4OS/c8-11-10-7(12)5-1-4(5)6-2-9-3-13-6/h2-5H,1H2/t4-,5-/m0/s1. The molecule has 0 aromatic carbocycles. The SMILES string of the molecule is [N-]=[N+]=NC(=O)[C@H]1C[C@@H]1c1cncs1. The van der Waals surface area contributed by atoms with Crippen molar-refractivity contribution in [1.82, 2.24) is 4.98 Å². The zero-order valence-corrected chi connectivity index (χ0v) is 7.44. The Morgan fingerprint density at radius 1 is 1.85 bits per heavy atom. The second-order valence-corrected chi connectivity index (χ2v) is 3.80. The molecular formula is C7H6N4OS. The van der Waals surface area contributed by atoms with Crippen molar-refractivity contribution in [3.05, 3.63) is 27.0 Å². The monoisotopic (exact) mass is 194 g/mol. The zero-order valence-electron chi connectivity index (χ0n) is 6.62. The number of azide groups is 1. The highest BCUT2D eigenvalue weighted by Gasteiger charge is 2.44. The molecule has 2 atom stereocenters. The average molecular weight is 194 g/mol. The third-order valence-electron chi connectivity index (χ3n) is 2.07. The molecule has 0 unspecified atom stereocenters. The van der Waals surface area contributed by atoms with Crippen molar-refractivity contribution < 1.29 is 4.79 Å². The molecule has 6 heteroatoms. The summed E-state index contributed by atoms with van der Waals surface area (Å²) in [6, 6.07) is 0. The van der Waals surface area contributed by atoms with Gasteiger partial charge in [0.05, 0.1) is 5.51 Å². The van der Waals surface area contributed by atoms with Crippen LogP contribution in [0.2, 0.25) is 0 Å². The van der Waals surface area contributed by atoms with E-state index in [0.717, 1.165) is 11.3 Å². The Kier molecular flexibility index (Phi) is 2.00. The summed E-state index contributed by atoms with van der Waals surface area (Å²) in [5.41, 5.74) is 9.80. The van der Waals surface area contributed by atoms with E-state index in [1.807, 2.05) is 0 Å². The molecule has 0 saturated heterocycles. The van der Waals surface area contributed by atoms with E-state index < -0.39 is 0 Å². The Hall–Kier alpha value is -1.39. The van der Waals surface area contributed by atoms with Crippen LogP contribution < -0.4 is 0 Å². The molecule has 0 aliphatic heterocycles. The molecule has 1 aliphatic rings. The number of aromatic nitrogens is 1. The van der Waals surface area contributed by atoms with Gasteiger partial charge in [0.25, 0.3) is 0 Å². The first kappa shape index (κ1) is 8.22. The number of nitrogens with zero attached hydrogens (tertiary/aromatic N) is 4. The topological polar surface area (TPSA) is 78.7 Å². The summed E-state index contributed by atoms with van der Waals surface area (Å²) in [5.74, 6) is -0.206. The van der Waals surface area contributed by atoms with E-state index in [2.05, 4.69) is 15.0 Å². The van der Waals surface area contributed by atoms with Crippen LogP contribution in [0.4, 0.5) is 0 Å². The van der Waals surface area contributed by atoms with Gasteiger partial charge in [-0.2, -0.15) is 0 Å². The molecule has 1 aliphatic carbocycles. The van der Waals surface area contributed by atoms with E-state index >= 15 is 0 Å². The minimum atomic E-state index is -0.346. The first-order chi connectivity index (χ1) is 6.33. The van der Waals surface area contributed by atoms with Gasteiger partial charge in [-0.05, 0) is 17.1 Å². The molecule has 5 nitrogen and oxygen atoms in total. The van der Waals surface area contributed by atoms with E-state index in [1.165, 1.54) is 11.3 Å². The van der Waals surface area contributed by atoms with E-state index in [0.29, 0.717) is 0 Å². The lowest BCUT2D eigenvalue weighted by atomic mass is 10.3. The molecular weight excluding hydrogens is 188 g/mol. The highest BCUT2D eigenvalue weighted by Crippen LogP contribution is 2.49.